The molecule has 0 fully saturated rings. The van der Waals surface area contributed by atoms with E-state index < -0.39 is 0 Å². The number of carbonyl (C=O) groups is 2. The molecule has 0 bridgehead atoms. The molecule has 2 rings (SSSR count). The second kappa shape index (κ2) is 11.1. The number of esters is 1. The van der Waals surface area contributed by atoms with Crippen LogP contribution in [0, 0.1) is 0 Å². The minimum absolute atomic E-state index is 0.0124. The summed E-state index contributed by atoms with van der Waals surface area (Å²) in [6.45, 7) is 0. The van der Waals surface area contributed by atoms with Crippen molar-refractivity contribution < 1.29 is 23.8 Å². The van der Waals surface area contributed by atoms with Crippen LogP contribution in [-0.2, 0) is 9.53 Å². The fourth-order valence-electron chi connectivity index (χ4n) is 2.99. The fourth-order valence-corrected chi connectivity index (χ4v) is 2.99. The minimum atomic E-state index is -0.191. The maximum absolute atomic E-state index is 12.7. The van der Waals surface area contributed by atoms with Crippen molar-refractivity contribution in [1.29, 1.82) is 0 Å². The van der Waals surface area contributed by atoms with Crippen LogP contribution >= 0.6 is 0 Å². The van der Waals surface area contributed by atoms with Crippen LogP contribution < -0.4 is 9.47 Å². The Hall–Kier alpha value is -2.89. The van der Waals surface area contributed by atoms with Crippen molar-refractivity contribution in [1.82, 2.24) is 4.98 Å². The Kier molecular flexibility index (Phi) is 8.46. The second-order valence-corrected chi connectivity index (χ2v) is 6.38. The SMILES string of the molecule is COC(=O)CCCCCCC(=O)c1ncccc1-c1ccc(OC)c(OC)c1. The second-order valence-electron chi connectivity index (χ2n) is 6.38. The van der Waals surface area contributed by atoms with Crippen LogP contribution in [0.25, 0.3) is 11.1 Å². The Morgan fingerprint density at radius 1 is 0.893 bits per heavy atom. The summed E-state index contributed by atoms with van der Waals surface area (Å²) in [6, 6.07) is 9.26. The van der Waals surface area contributed by atoms with Gasteiger partial charge in [-0.05, 0) is 36.6 Å². The summed E-state index contributed by atoms with van der Waals surface area (Å²) in [7, 11) is 4.56. The van der Waals surface area contributed by atoms with Gasteiger partial charge in [-0.25, -0.2) is 0 Å². The molecule has 1 aromatic heterocycles. The van der Waals surface area contributed by atoms with Gasteiger partial charge in [0.2, 0.25) is 0 Å². The van der Waals surface area contributed by atoms with E-state index in [0.717, 1.165) is 36.8 Å². The number of aromatic nitrogens is 1. The lowest BCUT2D eigenvalue weighted by molar-refractivity contribution is -0.140. The molecular weight excluding hydrogens is 358 g/mol. The van der Waals surface area contributed by atoms with E-state index in [0.29, 0.717) is 30.0 Å². The number of ether oxygens (including phenoxy) is 3. The van der Waals surface area contributed by atoms with Gasteiger partial charge in [0.05, 0.1) is 21.3 Å². The summed E-state index contributed by atoms with van der Waals surface area (Å²) in [5, 5.41) is 0. The van der Waals surface area contributed by atoms with Gasteiger partial charge in [0.15, 0.2) is 17.3 Å². The molecule has 1 aromatic carbocycles. The van der Waals surface area contributed by atoms with Crippen molar-refractivity contribution in [3.8, 4) is 22.6 Å². The number of unbranched alkanes of at least 4 members (excludes halogenated alkanes) is 3. The summed E-state index contributed by atoms with van der Waals surface area (Å²) in [5.74, 6) is 1.06. The third-order valence-corrected chi connectivity index (χ3v) is 4.53. The number of rotatable bonds is 11. The third kappa shape index (κ3) is 5.81. The van der Waals surface area contributed by atoms with Gasteiger partial charge in [-0.15, -0.1) is 0 Å². The molecule has 0 saturated carbocycles. The first-order valence-corrected chi connectivity index (χ1v) is 9.38. The maximum atomic E-state index is 12.7. The predicted octanol–water partition coefficient (Wildman–Crippen LogP) is 4.46. The zero-order valence-corrected chi connectivity index (χ0v) is 16.7. The number of hydrogen-bond acceptors (Lipinski definition) is 6. The van der Waals surface area contributed by atoms with Crippen LogP contribution in [0.1, 0.15) is 49.0 Å². The van der Waals surface area contributed by atoms with Crippen LogP contribution in [0.3, 0.4) is 0 Å². The lowest BCUT2D eigenvalue weighted by Gasteiger charge is -2.12. The molecule has 150 valence electrons. The van der Waals surface area contributed by atoms with E-state index in [1.807, 2.05) is 30.3 Å². The lowest BCUT2D eigenvalue weighted by Crippen LogP contribution is -2.05. The van der Waals surface area contributed by atoms with Crippen LogP contribution in [-0.4, -0.2) is 38.1 Å². The summed E-state index contributed by atoms with van der Waals surface area (Å²) in [4.78, 5) is 28.1. The minimum Gasteiger partial charge on any atom is -0.493 e. The van der Waals surface area contributed by atoms with E-state index in [2.05, 4.69) is 9.72 Å². The predicted molar refractivity (Wildman–Crippen MR) is 107 cm³/mol. The number of ketones is 1. The molecule has 0 saturated heterocycles. The molecule has 28 heavy (non-hydrogen) atoms. The number of Topliss-reactive ketones (excluding diaryl/α,β-unsaturated/α-hetero) is 1. The average molecular weight is 385 g/mol. The molecule has 0 aliphatic rings. The standard InChI is InChI=1S/C22H27NO5/c1-26-19-13-12-16(15-20(19)27-2)17-9-8-14-23-22(17)18(24)10-6-4-5-7-11-21(25)28-3/h8-9,12-15H,4-7,10-11H2,1-3H3. The zero-order valence-electron chi connectivity index (χ0n) is 16.7. The molecule has 0 N–H and O–H groups in total. The number of pyridine rings is 1. The molecule has 0 aliphatic heterocycles. The lowest BCUT2D eigenvalue weighted by atomic mass is 9.98. The van der Waals surface area contributed by atoms with Crippen molar-refractivity contribution in [2.75, 3.05) is 21.3 Å². The van der Waals surface area contributed by atoms with Gasteiger partial charge in [0.25, 0.3) is 0 Å². The van der Waals surface area contributed by atoms with Gasteiger partial charge in [-0.1, -0.05) is 25.0 Å². The summed E-state index contributed by atoms with van der Waals surface area (Å²) in [5.41, 5.74) is 2.09. The smallest absolute Gasteiger partial charge is 0.305 e. The number of carbonyl (C=O) groups excluding carboxylic acids is 2. The number of nitrogens with zero attached hydrogens (tertiary/aromatic N) is 1. The monoisotopic (exact) mass is 385 g/mol. The van der Waals surface area contributed by atoms with Gasteiger partial charge in [-0.3, -0.25) is 14.6 Å². The Balaban J connectivity index is 2.01. The molecular formula is C22H27NO5. The van der Waals surface area contributed by atoms with Crippen molar-refractivity contribution in [2.24, 2.45) is 0 Å². The molecule has 0 atom stereocenters. The van der Waals surface area contributed by atoms with Crippen LogP contribution in [0.15, 0.2) is 36.5 Å². The first-order valence-electron chi connectivity index (χ1n) is 9.38. The van der Waals surface area contributed by atoms with Crippen molar-refractivity contribution >= 4 is 11.8 Å². The Morgan fingerprint density at radius 3 is 2.29 bits per heavy atom. The maximum Gasteiger partial charge on any atom is 0.305 e. The molecule has 0 unspecified atom stereocenters. The Bertz CT molecular complexity index is 803. The van der Waals surface area contributed by atoms with Gasteiger partial charge < -0.3 is 14.2 Å². The Morgan fingerprint density at radius 2 is 1.61 bits per heavy atom. The fraction of sp³-hybridized carbons (Fsp3) is 0.409. The van der Waals surface area contributed by atoms with Crippen molar-refractivity contribution in [3.05, 3.63) is 42.2 Å². The van der Waals surface area contributed by atoms with Crippen molar-refractivity contribution in [2.45, 2.75) is 38.5 Å². The average Bonchev–Trinajstić information content (AvgIpc) is 2.75. The first kappa shape index (κ1) is 21.4. The topological polar surface area (TPSA) is 74.7 Å². The van der Waals surface area contributed by atoms with Crippen LogP contribution in [0.4, 0.5) is 0 Å². The molecule has 1 heterocycles. The molecule has 0 amide bonds. The highest BCUT2D eigenvalue weighted by Crippen LogP contribution is 2.33. The number of hydrogen-bond donors (Lipinski definition) is 0. The number of methoxy groups -OCH3 is 3. The molecule has 6 heteroatoms. The van der Waals surface area contributed by atoms with E-state index in [1.165, 1.54) is 7.11 Å². The van der Waals surface area contributed by atoms with Crippen LogP contribution in [0.5, 0.6) is 11.5 Å². The van der Waals surface area contributed by atoms with E-state index in [1.54, 1.807) is 20.4 Å². The Labute approximate surface area is 165 Å². The van der Waals surface area contributed by atoms with E-state index in [9.17, 15) is 9.59 Å². The highest BCUT2D eigenvalue weighted by Gasteiger charge is 2.15. The molecule has 0 aliphatic carbocycles. The van der Waals surface area contributed by atoms with Gasteiger partial charge in [0.1, 0.15) is 5.69 Å². The van der Waals surface area contributed by atoms with E-state index >= 15 is 0 Å². The molecule has 6 nitrogen and oxygen atoms in total. The summed E-state index contributed by atoms with van der Waals surface area (Å²) < 4.78 is 15.3. The summed E-state index contributed by atoms with van der Waals surface area (Å²) >= 11 is 0. The highest BCUT2D eigenvalue weighted by molar-refractivity contribution is 6.00. The normalized spacial score (nSPS) is 10.4. The molecule has 0 radical (unpaired) electrons. The van der Waals surface area contributed by atoms with E-state index in [-0.39, 0.29) is 11.8 Å². The third-order valence-electron chi connectivity index (χ3n) is 4.53. The van der Waals surface area contributed by atoms with Gasteiger partial charge in [0, 0.05) is 24.6 Å². The largest absolute Gasteiger partial charge is 0.493 e. The quantitative estimate of drug-likeness (QED) is 0.323. The number of benzene rings is 1. The summed E-state index contributed by atoms with van der Waals surface area (Å²) in [6.07, 6.45) is 5.81. The highest BCUT2D eigenvalue weighted by atomic mass is 16.5. The molecule has 2 aromatic rings. The van der Waals surface area contributed by atoms with Gasteiger partial charge in [-0.2, -0.15) is 0 Å². The first-order chi connectivity index (χ1) is 13.6. The van der Waals surface area contributed by atoms with Crippen molar-refractivity contribution in [3.63, 3.8) is 0 Å². The zero-order chi connectivity index (χ0) is 20.4. The molecule has 0 spiro atoms. The van der Waals surface area contributed by atoms with Gasteiger partial charge >= 0.3 is 5.97 Å². The van der Waals surface area contributed by atoms with E-state index in [4.69, 9.17) is 9.47 Å². The van der Waals surface area contributed by atoms with Crippen LogP contribution in [0.2, 0.25) is 0 Å².